The summed E-state index contributed by atoms with van der Waals surface area (Å²) < 4.78 is 37.2. The summed E-state index contributed by atoms with van der Waals surface area (Å²) >= 11 is 0. The summed E-state index contributed by atoms with van der Waals surface area (Å²) in [7, 11) is -2.02. The van der Waals surface area contributed by atoms with Gasteiger partial charge in [0.2, 0.25) is 10.0 Å². The number of rotatable bonds is 9. The number of hydrogen-bond donors (Lipinski definition) is 2. The number of ether oxygens (including phenoxy) is 2. The number of sulfonamides is 1. The normalized spacial score (nSPS) is 11.6. The highest BCUT2D eigenvalue weighted by Gasteiger charge is 2.18. The van der Waals surface area contributed by atoms with E-state index in [9.17, 15) is 8.42 Å². The molecular weight excluding hydrogens is 280 g/mol. The van der Waals surface area contributed by atoms with Crippen molar-refractivity contribution in [3.8, 4) is 5.75 Å². The van der Waals surface area contributed by atoms with Crippen LogP contribution in [0.4, 0.5) is 0 Å². The number of nitrogens with two attached hydrogens (primary N) is 1. The minimum atomic E-state index is -3.56. The molecule has 20 heavy (non-hydrogen) atoms. The minimum Gasteiger partial charge on any atom is -0.497 e. The molecule has 1 aromatic rings. The molecule has 3 N–H and O–H groups in total. The van der Waals surface area contributed by atoms with Gasteiger partial charge in [-0.25, -0.2) is 13.1 Å². The highest BCUT2D eigenvalue weighted by atomic mass is 32.2. The molecule has 0 heterocycles. The predicted molar refractivity (Wildman–Crippen MR) is 77.4 cm³/mol. The SMILES string of the molecule is CCOCCNS(=O)(=O)c1ccc(OC)cc1CCN. The lowest BCUT2D eigenvalue weighted by Gasteiger charge is -2.12. The second-order valence-corrected chi connectivity index (χ2v) is 5.84. The van der Waals surface area contributed by atoms with Gasteiger partial charge in [0.25, 0.3) is 0 Å². The molecule has 0 atom stereocenters. The van der Waals surface area contributed by atoms with E-state index >= 15 is 0 Å². The van der Waals surface area contributed by atoms with Gasteiger partial charge in [-0.3, -0.25) is 0 Å². The van der Waals surface area contributed by atoms with Crippen LogP contribution in [0, 0.1) is 0 Å². The van der Waals surface area contributed by atoms with E-state index in [1.54, 1.807) is 12.1 Å². The number of benzene rings is 1. The summed E-state index contributed by atoms with van der Waals surface area (Å²) in [6.07, 6.45) is 0.471. The quantitative estimate of drug-likeness (QED) is 0.649. The van der Waals surface area contributed by atoms with Crippen molar-refractivity contribution in [1.82, 2.24) is 4.72 Å². The molecule has 0 amide bonds. The zero-order valence-corrected chi connectivity index (χ0v) is 12.7. The van der Waals surface area contributed by atoms with Crippen LogP contribution in [0.15, 0.2) is 23.1 Å². The third-order valence-electron chi connectivity index (χ3n) is 2.71. The van der Waals surface area contributed by atoms with Gasteiger partial charge in [-0.1, -0.05) is 0 Å². The molecular formula is C13H22N2O4S. The molecule has 0 aliphatic rings. The van der Waals surface area contributed by atoms with Gasteiger partial charge in [-0.2, -0.15) is 0 Å². The van der Waals surface area contributed by atoms with E-state index in [4.69, 9.17) is 15.2 Å². The van der Waals surface area contributed by atoms with Crippen LogP contribution in [0.1, 0.15) is 12.5 Å². The number of hydrogen-bond acceptors (Lipinski definition) is 5. The number of nitrogens with one attached hydrogen (secondary N) is 1. The molecule has 0 aliphatic carbocycles. The standard InChI is InChI=1S/C13H22N2O4S/c1-3-19-9-8-15-20(16,17)13-5-4-12(18-2)10-11(13)6-7-14/h4-5,10,15H,3,6-9,14H2,1-2H3. The molecule has 0 saturated heterocycles. The molecule has 0 bridgehead atoms. The van der Waals surface area contributed by atoms with E-state index in [2.05, 4.69) is 4.72 Å². The van der Waals surface area contributed by atoms with E-state index in [0.29, 0.717) is 37.5 Å². The highest BCUT2D eigenvalue weighted by molar-refractivity contribution is 7.89. The van der Waals surface area contributed by atoms with Gasteiger partial charge >= 0.3 is 0 Å². The predicted octanol–water partition coefficient (Wildman–Crippen LogP) is 0.511. The maximum Gasteiger partial charge on any atom is 0.240 e. The zero-order valence-electron chi connectivity index (χ0n) is 11.9. The molecule has 0 spiro atoms. The van der Waals surface area contributed by atoms with Crippen molar-refractivity contribution in [2.75, 3.05) is 33.4 Å². The Balaban J connectivity index is 2.92. The van der Waals surface area contributed by atoms with Crippen LogP contribution >= 0.6 is 0 Å². The Morgan fingerprint density at radius 3 is 2.70 bits per heavy atom. The average Bonchev–Trinajstić information content (AvgIpc) is 2.43. The van der Waals surface area contributed by atoms with Gasteiger partial charge in [0.15, 0.2) is 0 Å². The van der Waals surface area contributed by atoms with Crippen molar-refractivity contribution in [3.63, 3.8) is 0 Å². The van der Waals surface area contributed by atoms with Gasteiger partial charge in [0.05, 0.1) is 18.6 Å². The van der Waals surface area contributed by atoms with Crippen LogP contribution < -0.4 is 15.2 Å². The third kappa shape index (κ3) is 4.75. The largest absolute Gasteiger partial charge is 0.497 e. The van der Waals surface area contributed by atoms with E-state index in [1.165, 1.54) is 13.2 Å². The summed E-state index contributed by atoms with van der Waals surface area (Å²) in [6.45, 7) is 3.37. The Morgan fingerprint density at radius 1 is 1.35 bits per heavy atom. The van der Waals surface area contributed by atoms with E-state index in [-0.39, 0.29) is 11.4 Å². The number of methoxy groups -OCH3 is 1. The first-order valence-electron chi connectivity index (χ1n) is 6.49. The van der Waals surface area contributed by atoms with Crippen LogP contribution in [-0.2, 0) is 21.2 Å². The molecule has 1 rings (SSSR count). The lowest BCUT2D eigenvalue weighted by molar-refractivity contribution is 0.153. The molecule has 0 radical (unpaired) electrons. The summed E-state index contributed by atoms with van der Waals surface area (Å²) in [4.78, 5) is 0.236. The highest BCUT2D eigenvalue weighted by Crippen LogP contribution is 2.22. The Hall–Kier alpha value is -1.15. The zero-order chi connectivity index (χ0) is 15.0. The molecule has 114 valence electrons. The van der Waals surface area contributed by atoms with Crippen LogP contribution in [0.3, 0.4) is 0 Å². The van der Waals surface area contributed by atoms with Gasteiger partial charge in [-0.15, -0.1) is 0 Å². The maximum atomic E-state index is 12.2. The van der Waals surface area contributed by atoms with Crippen molar-refractivity contribution in [2.45, 2.75) is 18.2 Å². The van der Waals surface area contributed by atoms with Crippen LogP contribution in [0.2, 0.25) is 0 Å². The lowest BCUT2D eigenvalue weighted by Crippen LogP contribution is -2.28. The fourth-order valence-corrected chi connectivity index (χ4v) is 3.03. The summed E-state index contributed by atoms with van der Waals surface area (Å²) in [5.41, 5.74) is 6.18. The second-order valence-electron chi connectivity index (χ2n) is 4.11. The van der Waals surface area contributed by atoms with E-state index < -0.39 is 10.0 Å². The second kappa shape index (κ2) is 8.21. The van der Waals surface area contributed by atoms with Gasteiger partial charge in [0.1, 0.15) is 5.75 Å². The smallest absolute Gasteiger partial charge is 0.240 e. The Bertz CT molecular complexity index is 517. The van der Waals surface area contributed by atoms with Crippen LogP contribution in [0.5, 0.6) is 5.75 Å². The fourth-order valence-electron chi connectivity index (χ4n) is 1.77. The maximum absolute atomic E-state index is 12.2. The van der Waals surface area contributed by atoms with Crippen molar-refractivity contribution in [3.05, 3.63) is 23.8 Å². The van der Waals surface area contributed by atoms with Crippen molar-refractivity contribution < 1.29 is 17.9 Å². The molecule has 7 heteroatoms. The Kier molecular flexibility index (Phi) is 6.94. The molecule has 0 aromatic heterocycles. The molecule has 6 nitrogen and oxygen atoms in total. The minimum absolute atomic E-state index is 0.236. The monoisotopic (exact) mass is 302 g/mol. The first-order valence-corrected chi connectivity index (χ1v) is 7.97. The topological polar surface area (TPSA) is 90.6 Å². The van der Waals surface area contributed by atoms with E-state index in [0.717, 1.165) is 0 Å². The Morgan fingerprint density at radius 2 is 2.10 bits per heavy atom. The van der Waals surface area contributed by atoms with Crippen LogP contribution in [0.25, 0.3) is 0 Å². The molecule has 0 saturated carbocycles. The first kappa shape index (κ1) is 16.9. The van der Waals surface area contributed by atoms with Crippen molar-refractivity contribution >= 4 is 10.0 Å². The third-order valence-corrected chi connectivity index (χ3v) is 4.27. The summed E-state index contributed by atoms with van der Waals surface area (Å²) in [5, 5.41) is 0. The van der Waals surface area contributed by atoms with Crippen LogP contribution in [-0.4, -0.2) is 41.8 Å². The Labute approximate surface area is 120 Å². The van der Waals surface area contributed by atoms with Crippen molar-refractivity contribution in [1.29, 1.82) is 0 Å². The van der Waals surface area contributed by atoms with Gasteiger partial charge in [0, 0.05) is 13.2 Å². The summed E-state index contributed by atoms with van der Waals surface area (Å²) in [6, 6.07) is 4.86. The van der Waals surface area contributed by atoms with Gasteiger partial charge < -0.3 is 15.2 Å². The fraction of sp³-hybridized carbons (Fsp3) is 0.538. The first-order chi connectivity index (χ1) is 9.55. The average molecular weight is 302 g/mol. The lowest BCUT2D eigenvalue weighted by atomic mass is 10.1. The summed E-state index contributed by atoms with van der Waals surface area (Å²) in [5.74, 6) is 0.613. The molecule has 0 fully saturated rings. The molecule has 0 aliphatic heterocycles. The van der Waals surface area contributed by atoms with Gasteiger partial charge in [-0.05, 0) is 43.7 Å². The molecule has 0 unspecified atom stereocenters. The van der Waals surface area contributed by atoms with E-state index in [1.807, 2.05) is 6.92 Å². The molecule has 1 aromatic carbocycles. The van der Waals surface area contributed by atoms with Crippen molar-refractivity contribution in [2.24, 2.45) is 5.73 Å².